The molecule has 0 aliphatic carbocycles. The quantitative estimate of drug-likeness (QED) is 0.919. The smallest absolute Gasteiger partial charge is 0.122 e. The molecule has 0 spiro atoms. The summed E-state index contributed by atoms with van der Waals surface area (Å²) in [5.74, 6) is 1.28. The maximum absolute atomic E-state index is 6.32. The zero-order valence-electron chi connectivity index (χ0n) is 10.8. The first-order valence-electron chi connectivity index (χ1n) is 6.44. The Bertz CT molecular complexity index is 584. The highest BCUT2D eigenvalue weighted by Crippen LogP contribution is 2.42. The van der Waals surface area contributed by atoms with Crippen LogP contribution < -0.4 is 10.1 Å². The highest BCUT2D eigenvalue weighted by molar-refractivity contribution is 6.31. The lowest BCUT2D eigenvalue weighted by Gasteiger charge is -2.23. The minimum Gasteiger partial charge on any atom is -0.493 e. The molecule has 3 heteroatoms. The first kappa shape index (κ1) is 12.5. The van der Waals surface area contributed by atoms with Crippen molar-refractivity contribution in [3.8, 4) is 5.75 Å². The van der Waals surface area contributed by atoms with Gasteiger partial charge in [-0.25, -0.2) is 0 Å². The van der Waals surface area contributed by atoms with E-state index < -0.39 is 0 Å². The molecule has 0 saturated heterocycles. The van der Waals surface area contributed by atoms with Gasteiger partial charge in [-0.05, 0) is 24.7 Å². The van der Waals surface area contributed by atoms with Gasteiger partial charge in [-0.1, -0.05) is 48.0 Å². The van der Waals surface area contributed by atoms with Gasteiger partial charge in [0.25, 0.3) is 0 Å². The molecule has 1 aliphatic rings. The summed E-state index contributed by atoms with van der Waals surface area (Å²) in [6.07, 6.45) is 0. The second kappa shape index (κ2) is 5.24. The van der Waals surface area contributed by atoms with Gasteiger partial charge >= 0.3 is 0 Å². The van der Waals surface area contributed by atoms with Crippen LogP contribution in [-0.2, 0) is 0 Å². The Morgan fingerprint density at radius 1 is 1.16 bits per heavy atom. The lowest BCUT2D eigenvalue weighted by atomic mass is 9.88. The number of ether oxygens (including phenoxy) is 1. The summed E-state index contributed by atoms with van der Waals surface area (Å²) in [4.78, 5) is 0. The Morgan fingerprint density at radius 3 is 2.68 bits per heavy atom. The van der Waals surface area contributed by atoms with Gasteiger partial charge < -0.3 is 10.1 Å². The highest BCUT2D eigenvalue weighted by atomic mass is 35.5. The van der Waals surface area contributed by atoms with Crippen LogP contribution in [0.3, 0.4) is 0 Å². The van der Waals surface area contributed by atoms with Crippen LogP contribution in [0.5, 0.6) is 5.75 Å². The van der Waals surface area contributed by atoms with Crippen molar-refractivity contribution in [2.45, 2.75) is 12.0 Å². The van der Waals surface area contributed by atoms with Crippen LogP contribution in [-0.4, -0.2) is 13.7 Å². The molecule has 3 rings (SSSR count). The van der Waals surface area contributed by atoms with E-state index >= 15 is 0 Å². The molecular formula is C16H16ClNO. The molecule has 0 bridgehead atoms. The van der Waals surface area contributed by atoms with Crippen molar-refractivity contribution in [2.75, 3.05) is 13.7 Å². The van der Waals surface area contributed by atoms with Gasteiger partial charge in [0.2, 0.25) is 0 Å². The molecule has 0 aromatic heterocycles. The van der Waals surface area contributed by atoms with Gasteiger partial charge in [-0.2, -0.15) is 0 Å². The standard InChI is InChI=1S/C16H16ClNO/c1-18-16(12-7-2-4-8-14(12)17)13-10-19-15-9-5-3-6-11(13)15/h2-9,13,16,18H,10H2,1H3. The van der Waals surface area contributed by atoms with Crippen molar-refractivity contribution in [3.05, 3.63) is 64.7 Å². The number of nitrogens with one attached hydrogen (secondary N) is 1. The number of halogens is 1. The van der Waals surface area contributed by atoms with Crippen LogP contribution in [0.4, 0.5) is 0 Å². The molecule has 0 amide bonds. The first-order valence-corrected chi connectivity index (χ1v) is 6.82. The van der Waals surface area contributed by atoms with Crippen molar-refractivity contribution >= 4 is 11.6 Å². The largest absolute Gasteiger partial charge is 0.493 e. The van der Waals surface area contributed by atoms with E-state index in [9.17, 15) is 0 Å². The lowest BCUT2D eigenvalue weighted by molar-refractivity contribution is 0.304. The summed E-state index contributed by atoms with van der Waals surface area (Å²) in [7, 11) is 1.97. The molecule has 1 aliphatic heterocycles. The van der Waals surface area contributed by atoms with Gasteiger partial charge in [0.15, 0.2) is 0 Å². The average molecular weight is 274 g/mol. The molecule has 2 aromatic carbocycles. The van der Waals surface area contributed by atoms with E-state index in [1.165, 1.54) is 5.56 Å². The Hall–Kier alpha value is -1.51. The molecule has 2 aromatic rings. The molecule has 0 fully saturated rings. The normalized spacial score (nSPS) is 18.7. The Kier molecular flexibility index (Phi) is 3.45. The van der Waals surface area contributed by atoms with Crippen LogP contribution in [0.25, 0.3) is 0 Å². The van der Waals surface area contributed by atoms with E-state index in [0.29, 0.717) is 12.5 Å². The zero-order chi connectivity index (χ0) is 13.2. The first-order chi connectivity index (χ1) is 9.31. The number of hydrogen-bond donors (Lipinski definition) is 1. The average Bonchev–Trinajstić information content (AvgIpc) is 2.86. The van der Waals surface area contributed by atoms with E-state index in [0.717, 1.165) is 16.3 Å². The molecular weight excluding hydrogens is 258 g/mol. The number of fused-ring (bicyclic) bond motifs is 1. The fourth-order valence-corrected chi connectivity index (χ4v) is 3.02. The fraction of sp³-hybridized carbons (Fsp3) is 0.250. The predicted octanol–water partition coefficient (Wildman–Crippen LogP) is 3.78. The summed E-state index contributed by atoms with van der Waals surface area (Å²) in [6.45, 7) is 0.691. The van der Waals surface area contributed by atoms with E-state index in [4.69, 9.17) is 16.3 Å². The maximum Gasteiger partial charge on any atom is 0.122 e. The van der Waals surface area contributed by atoms with Gasteiger partial charge in [-0.15, -0.1) is 0 Å². The van der Waals surface area contributed by atoms with E-state index in [1.807, 2.05) is 37.4 Å². The third-order valence-electron chi connectivity index (χ3n) is 3.69. The van der Waals surface area contributed by atoms with Crippen molar-refractivity contribution in [2.24, 2.45) is 0 Å². The van der Waals surface area contributed by atoms with Crippen molar-refractivity contribution in [1.82, 2.24) is 5.32 Å². The number of likely N-dealkylation sites (N-methyl/N-ethyl adjacent to an activating group) is 1. The number of rotatable bonds is 3. The summed E-state index contributed by atoms with van der Waals surface area (Å²) in [6, 6.07) is 16.4. The van der Waals surface area contributed by atoms with Crippen LogP contribution in [0.2, 0.25) is 5.02 Å². The molecule has 0 saturated carbocycles. The maximum atomic E-state index is 6.32. The SMILES string of the molecule is CNC(c1ccccc1Cl)C1COc2ccccc21. The Morgan fingerprint density at radius 2 is 1.89 bits per heavy atom. The molecule has 1 N–H and O–H groups in total. The van der Waals surface area contributed by atoms with E-state index in [2.05, 4.69) is 23.5 Å². The highest BCUT2D eigenvalue weighted by Gasteiger charge is 2.32. The fourth-order valence-electron chi connectivity index (χ4n) is 2.76. The second-order valence-corrected chi connectivity index (χ2v) is 5.15. The molecule has 2 unspecified atom stereocenters. The number of para-hydroxylation sites is 1. The van der Waals surface area contributed by atoms with Crippen LogP contribution >= 0.6 is 11.6 Å². The lowest BCUT2D eigenvalue weighted by Crippen LogP contribution is -2.25. The van der Waals surface area contributed by atoms with Crippen molar-refractivity contribution in [3.63, 3.8) is 0 Å². The topological polar surface area (TPSA) is 21.3 Å². The third kappa shape index (κ3) is 2.22. The van der Waals surface area contributed by atoms with Gasteiger partial charge in [-0.3, -0.25) is 0 Å². The van der Waals surface area contributed by atoms with Gasteiger partial charge in [0.1, 0.15) is 5.75 Å². The zero-order valence-corrected chi connectivity index (χ0v) is 11.5. The van der Waals surface area contributed by atoms with Crippen LogP contribution in [0.1, 0.15) is 23.1 Å². The van der Waals surface area contributed by atoms with E-state index in [-0.39, 0.29) is 6.04 Å². The van der Waals surface area contributed by atoms with Crippen molar-refractivity contribution in [1.29, 1.82) is 0 Å². The Balaban J connectivity index is 1.99. The summed E-state index contributed by atoms with van der Waals surface area (Å²) >= 11 is 6.32. The van der Waals surface area contributed by atoms with Gasteiger partial charge in [0.05, 0.1) is 6.61 Å². The van der Waals surface area contributed by atoms with E-state index in [1.54, 1.807) is 0 Å². The predicted molar refractivity (Wildman–Crippen MR) is 77.9 cm³/mol. The molecule has 2 atom stereocenters. The minimum atomic E-state index is 0.164. The second-order valence-electron chi connectivity index (χ2n) is 4.74. The van der Waals surface area contributed by atoms with Gasteiger partial charge in [0, 0.05) is 22.5 Å². The van der Waals surface area contributed by atoms with Crippen LogP contribution in [0, 0.1) is 0 Å². The van der Waals surface area contributed by atoms with Crippen molar-refractivity contribution < 1.29 is 4.74 Å². The summed E-state index contributed by atoms with van der Waals surface area (Å²) in [5, 5.41) is 4.18. The summed E-state index contributed by atoms with van der Waals surface area (Å²) < 4.78 is 5.77. The molecule has 19 heavy (non-hydrogen) atoms. The summed E-state index contributed by atoms with van der Waals surface area (Å²) in [5.41, 5.74) is 2.37. The number of hydrogen-bond acceptors (Lipinski definition) is 2. The molecule has 2 nitrogen and oxygen atoms in total. The Labute approximate surface area is 118 Å². The monoisotopic (exact) mass is 273 g/mol. The minimum absolute atomic E-state index is 0.164. The van der Waals surface area contributed by atoms with Crippen LogP contribution in [0.15, 0.2) is 48.5 Å². The number of benzene rings is 2. The molecule has 98 valence electrons. The third-order valence-corrected chi connectivity index (χ3v) is 4.03. The molecule has 1 heterocycles. The molecule has 0 radical (unpaired) electrons.